The first-order valence-electron chi connectivity index (χ1n) is 10.9. The summed E-state index contributed by atoms with van der Waals surface area (Å²) in [5.41, 5.74) is -0.710. The van der Waals surface area contributed by atoms with Crippen molar-refractivity contribution in [3.8, 4) is 0 Å². The molecule has 0 aromatic heterocycles. The summed E-state index contributed by atoms with van der Waals surface area (Å²) in [5.74, 6) is 2.31. The van der Waals surface area contributed by atoms with Gasteiger partial charge in [-0.25, -0.2) is 0 Å². The first-order valence-corrected chi connectivity index (χ1v) is 10.9. The van der Waals surface area contributed by atoms with Gasteiger partial charge < -0.3 is 4.74 Å². The van der Waals surface area contributed by atoms with Crippen molar-refractivity contribution in [3.63, 3.8) is 0 Å². The molecule has 3 nitrogen and oxygen atoms in total. The second-order valence-electron chi connectivity index (χ2n) is 11.4. The molecule has 1 spiro atoms. The van der Waals surface area contributed by atoms with E-state index < -0.39 is 10.8 Å². The Bertz CT molecular complexity index is 737. The summed E-state index contributed by atoms with van der Waals surface area (Å²) in [7, 11) is 0. The highest BCUT2D eigenvalue weighted by atomic mass is 16.5. The lowest BCUT2D eigenvalue weighted by Crippen LogP contribution is -2.65. The van der Waals surface area contributed by atoms with Crippen molar-refractivity contribution in [2.24, 2.45) is 34.0 Å². The largest absolute Gasteiger partial charge is 0.490 e. The fourth-order valence-corrected chi connectivity index (χ4v) is 7.03. The van der Waals surface area contributed by atoms with Crippen LogP contribution in [0.4, 0.5) is 0 Å². The average molecular weight is 373 g/mol. The van der Waals surface area contributed by atoms with Crippen molar-refractivity contribution in [3.05, 3.63) is 11.3 Å². The van der Waals surface area contributed by atoms with Crippen molar-refractivity contribution >= 4 is 11.6 Å². The maximum atomic E-state index is 13.4. The fourth-order valence-electron chi connectivity index (χ4n) is 7.03. The molecule has 0 radical (unpaired) electrons. The Morgan fingerprint density at radius 2 is 1.70 bits per heavy atom. The van der Waals surface area contributed by atoms with Gasteiger partial charge in [-0.2, -0.15) is 0 Å². The number of ketones is 2. The predicted molar refractivity (Wildman–Crippen MR) is 106 cm³/mol. The van der Waals surface area contributed by atoms with Gasteiger partial charge in [0.1, 0.15) is 11.4 Å². The summed E-state index contributed by atoms with van der Waals surface area (Å²) < 4.78 is 6.87. The van der Waals surface area contributed by atoms with Crippen LogP contribution >= 0.6 is 0 Å². The van der Waals surface area contributed by atoms with Gasteiger partial charge in [0.2, 0.25) is 0 Å². The molecule has 0 amide bonds. The van der Waals surface area contributed by atoms with Crippen LogP contribution in [0.25, 0.3) is 0 Å². The quantitative estimate of drug-likeness (QED) is 0.603. The van der Waals surface area contributed by atoms with E-state index in [4.69, 9.17) is 4.74 Å². The lowest BCUT2D eigenvalue weighted by molar-refractivity contribution is -0.230. The lowest BCUT2D eigenvalue weighted by atomic mass is 9.42. The summed E-state index contributed by atoms with van der Waals surface area (Å²) in [4.78, 5) is 26.6. The van der Waals surface area contributed by atoms with Crippen molar-refractivity contribution < 1.29 is 14.3 Å². The topological polar surface area (TPSA) is 43.4 Å². The Labute approximate surface area is 164 Å². The zero-order chi connectivity index (χ0) is 20.0. The Hall–Kier alpha value is -1.12. The molecular weight excluding hydrogens is 336 g/mol. The van der Waals surface area contributed by atoms with Gasteiger partial charge >= 0.3 is 0 Å². The van der Waals surface area contributed by atoms with Gasteiger partial charge in [-0.15, -0.1) is 0 Å². The second kappa shape index (κ2) is 5.48. The number of ether oxygens (including phenoxy) is 1. The molecule has 5 aliphatic rings. The summed E-state index contributed by atoms with van der Waals surface area (Å²) in [5, 5.41) is 0. The highest BCUT2D eigenvalue weighted by molar-refractivity contribution is 6.19. The number of Topliss-reactive ketones (excluding diaryl/α,β-unsaturated/α-hetero) is 2. The number of carbonyl (C=O) groups is 2. The van der Waals surface area contributed by atoms with Crippen molar-refractivity contribution in [2.45, 2.75) is 92.6 Å². The SMILES string of the molecule is CCC[C@@H]1C[C@@]2(CCC3CC2C3(C)C)OC2=C1C(=O)C(C)(C)C(=O)C2(C)C. The molecule has 2 unspecified atom stereocenters. The highest BCUT2D eigenvalue weighted by Crippen LogP contribution is 2.68. The third kappa shape index (κ3) is 2.26. The molecule has 3 heteroatoms. The molecule has 4 atom stereocenters. The minimum Gasteiger partial charge on any atom is -0.490 e. The van der Waals surface area contributed by atoms with E-state index in [1.807, 2.05) is 13.8 Å². The number of allylic oxidation sites excluding steroid dienone is 2. The van der Waals surface area contributed by atoms with Gasteiger partial charge in [0.15, 0.2) is 11.6 Å². The average Bonchev–Trinajstić information content (AvgIpc) is 2.59. The van der Waals surface area contributed by atoms with Gasteiger partial charge in [-0.3, -0.25) is 9.59 Å². The Balaban J connectivity index is 1.85. The van der Waals surface area contributed by atoms with Crippen LogP contribution in [0, 0.1) is 34.0 Å². The smallest absolute Gasteiger partial charge is 0.175 e. The van der Waals surface area contributed by atoms with Gasteiger partial charge in [-0.1, -0.05) is 27.2 Å². The van der Waals surface area contributed by atoms with Gasteiger partial charge in [0.25, 0.3) is 0 Å². The maximum Gasteiger partial charge on any atom is 0.175 e. The van der Waals surface area contributed by atoms with Crippen LogP contribution in [0.15, 0.2) is 11.3 Å². The summed E-state index contributed by atoms with van der Waals surface area (Å²) in [6.07, 6.45) is 6.53. The third-order valence-corrected chi connectivity index (χ3v) is 8.72. The van der Waals surface area contributed by atoms with Crippen molar-refractivity contribution in [2.75, 3.05) is 0 Å². The van der Waals surface area contributed by atoms with E-state index in [1.165, 1.54) is 12.8 Å². The van der Waals surface area contributed by atoms with E-state index in [2.05, 4.69) is 20.8 Å². The zero-order valence-electron chi connectivity index (χ0n) is 18.2. The van der Waals surface area contributed by atoms with E-state index in [1.54, 1.807) is 13.8 Å². The Kier molecular flexibility index (Phi) is 3.90. The molecule has 150 valence electrons. The molecular formula is C24H36O3. The summed E-state index contributed by atoms with van der Waals surface area (Å²) in [6, 6.07) is 0. The highest BCUT2D eigenvalue weighted by Gasteiger charge is 2.66. The number of fused-ring (bicyclic) bond motifs is 1. The maximum absolute atomic E-state index is 13.4. The summed E-state index contributed by atoms with van der Waals surface area (Å²) >= 11 is 0. The molecule has 4 aliphatic carbocycles. The van der Waals surface area contributed by atoms with Crippen molar-refractivity contribution in [1.29, 1.82) is 0 Å². The molecule has 0 N–H and O–H groups in total. The fraction of sp³-hybridized carbons (Fsp3) is 0.833. The van der Waals surface area contributed by atoms with Crippen LogP contribution in [0.2, 0.25) is 0 Å². The first kappa shape index (κ1) is 19.2. The standard InChI is InChI=1S/C24H36O3/c1-8-9-14-13-24(11-10-15-12-16(24)21(15,2)3)27-19-17(14)18(25)22(4,5)20(26)23(19,6)7/h14-16H,8-13H2,1-7H3/t14-,15?,16?,24-/m1/s1. The van der Waals surface area contributed by atoms with Crippen molar-refractivity contribution in [1.82, 2.24) is 0 Å². The van der Waals surface area contributed by atoms with Crippen LogP contribution in [0.5, 0.6) is 0 Å². The van der Waals surface area contributed by atoms with E-state index in [0.717, 1.165) is 42.9 Å². The lowest BCUT2D eigenvalue weighted by Gasteiger charge is -2.67. The molecule has 0 saturated heterocycles. The third-order valence-electron chi connectivity index (χ3n) is 8.72. The molecule has 2 bridgehead atoms. The van der Waals surface area contributed by atoms with E-state index in [-0.39, 0.29) is 23.1 Å². The van der Waals surface area contributed by atoms with Gasteiger partial charge in [0, 0.05) is 11.5 Å². The molecule has 3 fully saturated rings. The molecule has 1 aliphatic heterocycles. The minimum absolute atomic E-state index is 0.00704. The van der Waals surface area contributed by atoms with Gasteiger partial charge in [0.05, 0.1) is 10.8 Å². The summed E-state index contributed by atoms with van der Waals surface area (Å²) in [6.45, 7) is 14.5. The molecule has 3 saturated carbocycles. The number of carbonyl (C=O) groups excluding carboxylic acids is 2. The zero-order valence-corrected chi connectivity index (χ0v) is 18.2. The molecule has 27 heavy (non-hydrogen) atoms. The molecule has 0 aromatic rings. The Morgan fingerprint density at radius 1 is 1.04 bits per heavy atom. The monoisotopic (exact) mass is 372 g/mol. The minimum atomic E-state index is -0.949. The second-order valence-corrected chi connectivity index (χ2v) is 11.4. The first-order chi connectivity index (χ1) is 12.4. The number of hydrogen-bond acceptors (Lipinski definition) is 3. The van der Waals surface area contributed by atoms with Crippen LogP contribution in [-0.4, -0.2) is 17.2 Å². The van der Waals surface area contributed by atoms with E-state index in [9.17, 15) is 9.59 Å². The van der Waals surface area contributed by atoms with Crippen LogP contribution in [-0.2, 0) is 14.3 Å². The van der Waals surface area contributed by atoms with E-state index >= 15 is 0 Å². The number of rotatable bonds is 2. The van der Waals surface area contributed by atoms with Crippen LogP contribution in [0.1, 0.15) is 87.0 Å². The molecule has 1 heterocycles. The molecule has 5 rings (SSSR count). The number of hydrogen-bond donors (Lipinski definition) is 0. The van der Waals surface area contributed by atoms with E-state index in [0.29, 0.717) is 11.3 Å². The van der Waals surface area contributed by atoms with Crippen LogP contribution in [0.3, 0.4) is 0 Å². The molecule has 0 aromatic carbocycles. The van der Waals surface area contributed by atoms with Gasteiger partial charge in [-0.05, 0) is 77.0 Å². The van der Waals surface area contributed by atoms with Crippen LogP contribution < -0.4 is 0 Å². The Morgan fingerprint density at radius 3 is 2.26 bits per heavy atom. The predicted octanol–water partition coefficient (Wildman–Crippen LogP) is 5.48. The normalized spacial score (nSPS) is 41.1.